The van der Waals surface area contributed by atoms with Crippen molar-refractivity contribution in [3.8, 4) is 0 Å². The van der Waals surface area contributed by atoms with Gasteiger partial charge in [-0.3, -0.25) is 9.59 Å². The first kappa shape index (κ1) is 14.1. The van der Waals surface area contributed by atoms with Gasteiger partial charge in [-0.1, -0.05) is 12.2 Å². The Morgan fingerprint density at radius 3 is 2.53 bits per heavy atom. The molecular weight excluding hydrogens is 242 g/mol. The molecule has 0 radical (unpaired) electrons. The Labute approximate surface area is 114 Å². The molecular formula is C15H23NO3. The second kappa shape index (κ2) is 5.76. The summed E-state index contributed by atoms with van der Waals surface area (Å²) in [4.78, 5) is 25.7. The zero-order chi connectivity index (χ0) is 14.0. The molecule has 0 N–H and O–H groups in total. The van der Waals surface area contributed by atoms with Crippen LogP contribution in [-0.4, -0.2) is 36.5 Å². The predicted octanol–water partition coefficient (Wildman–Crippen LogP) is 2.00. The van der Waals surface area contributed by atoms with Gasteiger partial charge in [-0.25, -0.2) is 0 Å². The van der Waals surface area contributed by atoms with Crippen LogP contribution in [0.3, 0.4) is 0 Å². The number of esters is 1. The normalized spacial score (nSPS) is 27.9. The van der Waals surface area contributed by atoms with E-state index >= 15 is 0 Å². The zero-order valence-corrected chi connectivity index (χ0v) is 12.0. The van der Waals surface area contributed by atoms with Gasteiger partial charge >= 0.3 is 5.97 Å². The van der Waals surface area contributed by atoms with Crippen LogP contribution in [0.4, 0.5) is 0 Å². The fourth-order valence-corrected chi connectivity index (χ4v) is 3.21. The van der Waals surface area contributed by atoms with Gasteiger partial charge in [0.2, 0.25) is 5.91 Å². The second-order valence-corrected chi connectivity index (χ2v) is 5.84. The zero-order valence-electron chi connectivity index (χ0n) is 12.0. The molecule has 4 nitrogen and oxygen atoms in total. The fraction of sp³-hybridized carbons (Fsp3) is 0.733. The van der Waals surface area contributed by atoms with E-state index in [2.05, 4.69) is 16.9 Å². The van der Waals surface area contributed by atoms with E-state index in [-0.39, 0.29) is 30.3 Å². The fourth-order valence-electron chi connectivity index (χ4n) is 3.21. The molecule has 0 aromatic carbocycles. The first-order chi connectivity index (χ1) is 9.02. The number of amides is 1. The van der Waals surface area contributed by atoms with E-state index < -0.39 is 0 Å². The van der Waals surface area contributed by atoms with E-state index in [0.717, 1.165) is 12.8 Å². The van der Waals surface area contributed by atoms with Crippen molar-refractivity contribution in [2.24, 2.45) is 17.8 Å². The Balaban J connectivity index is 1.97. The lowest BCUT2D eigenvalue weighted by molar-refractivity contribution is -0.143. The van der Waals surface area contributed by atoms with Crippen molar-refractivity contribution < 1.29 is 14.3 Å². The van der Waals surface area contributed by atoms with Crippen LogP contribution in [-0.2, 0) is 14.3 Å². The molecule has 0 heterocycles. The van der Waals surface area contributed by atoms with Gasteiger partial charge in [0.1, 0.15) is 0 Å². The van der Waals surface area contributed by atoms with Gasteiger partial charge in [0.25, 0.3) is 0 Å². The summed E-state index contributed by atoms with van der Waals surface area (Å²) in [6.45, 7) is 4.46. The van der Waals surface area contributed by atoms with Crippen molar-refractivity contribution in [1.82, 2.24) is 4.90 Å². The Morgan fingerprint density at radius 2 is 2.05 bits per heavy atom. The number of allylic oxidation sites excluding steroid dienone is 2. The van der Waals surface area contributed by atoms with Crippen LogP contribution >= 0.6 is 0 Å². The summed E-state index contributed by atoms with van der Waals surface area (Å²) < 4.78 is 4.65. The molecule has 3 atom stereocenters. The number of carbonyl (C=O) groups excluding carboxylic acids is 2. The van der Waals surface area contributed by atoms with E-state index in [4.69, 9.17) is 0 Å². The lowest BCUT2D eigenvalue weighted by atomic mass is 9.91. The molecule has 0 aromatic rings. The van der Waals surface area contributed by atoms with Crippen LogP contribution in [0.2, 0.25) is 0 Å². The summed E-state index contributed by atoms with van der Waals surface area (Å²) >= 11 is 0. The highest BCUT2D eigenvalue weighted by Gasteiger charge is 2.41. The average Bonchev–Trinajstić information content (AvgIpc) is 3.00. The first-order valence-electron chi connectivity index (χ1n) is 7.08. The van der Waals surface area contributed by atoms with Crippen molar-refractivity contribution in [3.63, 3.8) is 0 Å². The SMILES string of the molecule is COC(=O)CCN(C(=O)[C@H]1C[C@H]2C=C[C@H]1C2)C(C)C. The molecule has 1 saturated carbocycles. The minimum atomic E-state index is -0.258. The highest BCUT2D eigenvalue weighted by atomic mass is 16.5. The minimum absolute atomic E-state index is 0.120. The smallest absolute Gasteiger partial charge is 0.307 e. The van der Waals surface area contributed by atoms with Crippen LogP contribution in [0.5, 0.6) is 0 Å². The first-order valence-corrected chi connectivity index (χ1v) is 7.08. The van der Waals surface area contributed by atoms with Gasteiger partial charge in [0, 0.05) is 18.5 Å². The topological polar surface area (TPSA) is 46.6 Å². The van der Waals surface area contributed by atoms with E-state index in [0.29, 0.717) is 18.4 Å². The van der Waals surface area contributed by atoms with E-state index in [1.165, 1.54) is 7.11 Å². The van der Waals surface area contributed by atoms with Crippen LogP contribution in [0.25, 0.3) is 0 Å². The lowest BCUT2D eigenvalue weighted by Crippen LogP contribution is -2.43. The molecule has 0 aliphatic heterocycles. The summed E-state index contributed by atoms with van der Waals surface area (Å²) in [5.41, 5.74) is 0. The molecule has 2 aliphatic carbocycles. The van der Waals surface area contributed by atoms with Crippen molar-refractivity contribution in [2.45, 2.75) is 39.2 Å². The van der Waals surface area contributed by atoms with E-state index in [9.17, 15) is 9.59 Å². The molecule has 19 heavy (non-hydrogen) atoms. The third kappa shape index (κ3) is 2.99. The van der Waals surface area contributed by atoms with E-state index in [1.54, 1.807) is 0 Å². The number of ether oxygens (including phenoxy) is 1. The number of methoxy groups -OCH3 is 1. The van der Waals surface area contributed by atoms with E-state index in [1.807, 2.05) is 18.7 Å². The summed E-state index contributed by atoms with van der Waals surface area (Å²) in [5, 5.41) is 0. The maximum Gasteiger partial charge on any atom is 0.307 e. The molecule has 2 rings (SSSR count). The number of rotatable bonds is 5. The Morgan fingerprint density at radius 1 is 1.32 bits per heavy atom. The molecule has 2 aliphatic rings. The Hall–Kier alpha value is -1.32. The Bertz CT molecular complexity index is 389. The summed E-state index contributed by atoms with van der Waals surface area (Å²) in [6.07, 6.45) is 6.80. The third-order valence-corrected chi connectivity index (χ3v) is 4.29. The van der Waals surface area contributed by atoms with Crippen molar-refractivity contribution in [1.29, 1.82) is 0 Å². The molecule has 0 aromatic heterocycles. The third-order valence-electron chi connectivity index (χ3n) is 4.29. The second-order valence-electron chi connectivity index (χ2n) is 5.84. The van der Waals surface area contributed by atoms with Gasteiger partial charge in [0.15, 0.2) is 0 Å². The monoisotopic (exact) mass is 265 g/mol. The molecule has 0 saturated heterocycles. The molecule has 1 fully saturated rings. The van der Waals surface area contributed by atoms with Crippen molar-refractivity contribution in [3.05, 3.63) is 12.2 Å². The maximum atomic E-state index is 12.6. The number of hydrogen-bond acceptors (Lipinski definition) is 3. The largest absolute Gasteiger partial charge is 0.469 e. The molecule has 0 unspecified atom stereocenters. The summed E-state index contributed by atoms with van der Waals surface area (Å²) in [5.74, 6) is 1.07. The highest BCUT2D eigenvalue weighted by molar-refractivity contribution is 5.81. The number of carbonyl (C=O) groups is 2. The van der Waals surface area contributed by atoms with Crippen molar-refractivity contribution in [2.75, 3.05) is 13.7 Å². The number of nitrogens with zero attached hydrogens (tertiary/aromatic N) is 1. The average molecular weight is 265 g/mol. The lowest BCUT2D eigenvalue weighted by Gasteiger charge is -2.31. The van der Waals surface area contributed by atoms with Crippen LogP contribution in [0.1, 0.15) is 33.1 Å². The minimum Gasteiger partial charge on any atom is -0.469 e. The maximum absolute atomic E-state index is 12.6. The standard InChI is InChI=1S/C15H23NO3/c1-10(2)16(7-6-14(17)19-3)15(18)13-9-11-4-5-12(13)8-11/h4-5,10-13H,6-9H2,1-3H3/t11-,12-,13-/m0/s1. The molecule has 106 valence electrons. The molecule has 1 amide bonds. The van der Waals surface area contributed by atoms with Crippen LogP contribution in [0, 0.1) is 17.8 Å². The van der Waals surface area contributed by atoms with Crippen LogP contribution < -0.4 is 0 Å². The Kier molecular flexibility index (Phi) is 4.27. The van der Waals surface area contributed by atoms with Crippen LogP contribution in [0.15, 0.2) is 12.2 Å². The quantitative estimate of drug-likeness (QED) is 0.564. The molecule has 2 bridgehead atoms. The highest BCUT2D eigenvalue weighted by Crippen LogP contribution is 2.44. The van der Waals surface area contributed by atoms with Gasteiger partial charge in [0.05, 0.1) is 13.5 Å². The molecule has 0 spiro atoms. The van der Waals surface area contributed by atoms with Gasteiger partial charge in [-0.2, -0.15) is 0 Å². The number of hydrogen-bond donors (Lipinski definition) is 0. The molecule has 4 heteroatoms. The van der Waals surface area contributed by atoms with Gasteiger partial charge in [-0.05, 0) is 38.5 Å². The number of fused-ring (bicyclic) bond motifs is 2. The summed E-state index contributed by atoms with van der Waals surface area (Å²) in [6, 6.07) is 0.125. The van der Waals surface area contributed by atoms with Crippen molar-refractivity contribution >= 4 is 11.9 Å². The predicted molar refractivity (Wildman–Crippen MR) is 72.3 cm³/mol. The summed E-state index contributed by atoms with van der Waals surface area (Å²) in [7, 11) is 1.38. The van der Waals surface area contributed by atoms with Gasteiger partial charge < -0.3 is 9.64 Å². The van der Waals surface area contributed by atoms with Gasteiger partial charge in [-0.15, -0.1) is 0 Å².